The molecule has 116 valence electrons. The molecule has 0 spiro atoms. The topological polar surface area (TPSA) is 29.3 Å². The molecule has 2 aliphatic carbocycles. The molecule has 21 heavy (non-hydrogen) atoms. The first kappa shape index (κ1) is 15.3. The lowest BCUT2D eigenvalue weighted by Crippen LogP contribution is -2.54. The van der Waals surface area contributed by atoms with Gasteiger partial charge in [0.25, 0.3) is 0 Å². The van der Waals surface area contributed by atoms with Crippen LogP contribution in [0.1, 0.15) is 44.1 Å². The first-order chi connectivity index (χ1) is 10.1. The summed E-state index contributed by atoms with van der Waals surface area (Å²) in [5.74, 6) is 1.91. The predicted octanol–water partition coefficient (Wildman–Crippen LogP) is 4.07. The van der Waals surface area contributed by atoms with E-state index in [4.69, 9.17) is 17.3 Å². The van der Waals surface area contributed by atoms with E-state index in [1.54, 1.807) is 0 Å². The van der Waals surface area contributed by atoms with Gasteiger partial charge >= 0.3 is 0 Å². The summed E-state index contributed by atoms with van der Waals surface area (Å²) in [6, 6.07) is 8.22. The Bertz CT molecular complexity index is 469. The van der Waals surface area contributed by atoms with Gasteiger partial charge in [-0.25, -0.2) is 0 Å². The van der Waals surface area contributed by atoms with Crippen LogP contribution in [0.3, 0.4) is 0 Å². The fourth-order valence-corrected chi connectivity index (χ4v) is 4.20. The summed E-state index contributed by atoms with van der Waals surface area (Å²) in [5.41, 5.74) is 7.76. The van der Waals surface area contributed by atoms with Crippen LogP contribution in [0.2, 0.25) is 5.02 Å². The van der Waals surface area contributed by atoms with Gasteiger partial charge in [-0.05, 0) is 62.3 Å². The molecular formula is C18H27ClN2. The number of nitrogens with two attached hydrogens (primary N) is 1. The van der Waals surface area contributed by atoms with Gasteiger partial charge in [0.15, 0.2) is 0 Å². The first-order valence-corrected chi connectivity index (χ1v) is 8.66. The van der Waals surface area contributed by atoms with E-state index in [1.165, 1.54) is 44.1 Å². The van der Waals surface area contributed by atoms with Crippen LogP contribution in [0.15, 0.2) is 24.3 Å². The summed E-state index contributed by atoms with van der Waals surface area (Å²) < 4.78 is 0. The molecule has 2 atom stereocenters. The molecule has 0 aliphatic heterocycles. The largest absolute Gasteiger partial charge is 0.329 e. The van der Waals surface area contributed by atoms with Crippen LogP contribution in [-0.2, 0) is 6.54 Å². The van der Waals surface area contributed by atoms with Crippen molar-refractivity contribution in [3.05, 3.63) is 34.9 Å². The second kappa shape index (κ2) is 6.28. The molecule has 2 N–H and O–H groups in total. The molecule has 2 fully saturated rings. The highest BCUT2D eigenvalue weighted by atomic mass is 35.5. The van der Waals surface area contributed by atoms with Crippen LogP contribution < -0.4 is 5.73 Å². The van der Waals surface area contributed by atoms with Gasteiger partial charge in [-0.1, -0.05) is 36.6 Å². The van der Waals surface area contributed by atoms with E-state index in [0.29, 0.717) is 0 Å². The van der Waals surface area contributed by atoms with Gasteiger partial charge in [-0.15, -0.1) is 0 Å². The molecule has 0 aromatic heterocycles. The maximum absolute atomic E-state index is 6.24. The van der Waals surface area contributed by atoms with Crippen LogP contribution >= 0.6 is 11.6 Å². The molecule has 0 saturated heterocycles. The Balaban J connectivity index is 1.69. The Morgan fingerprint density at radius 2 is 1.90 bits per heavy atom. The van der Waals surface area contributed by atoms with Gasteiger partial charge in [0.1, 0.15) is 0 Å². The minimum absolute atomic E-state index is 0.200. The van der Waals surface area contributed by atoms with Crippen molar-refractivity contribution in [2.24, 2.45) is 17.6 Å². The highest BCUT2D eigenvalue weighted by molar-refractivity contribution is 6.30. The van der Waals surface area contributed by atoms with Gasteiger partial charge in [0.2, 0.25) is 0 Å². The molecule has 0 radical (unpaired) electrons. The number of hydrogen-bond donors (Lipinski definition) is 1. The number of benzene rings is 1. The quantitative estimate of drug-likeness (QED) is 0.888. The average molecular weight is 307 g/mol. The number of rotatable bonds is 5. The third kappa shape index (κ3) is 3.44. The Hall–Kier alpha value is -0.570. The van der Waals surface area contributed by atoms with Crippen LogP contribution in [-0.4, -0.2) is 24.0 Å². The third-order valence-electron chi connectivity index (χ3n) is 5.67. The summed E-state index contributed by atoms with van der Waals surface area (Å²) >= 11 is 5.98. The van der Waals surface area contributed by atoms with E-state index in [9.17, 15) is 0 Å². The number of hydrogen-bond acceptors (Lipinski definition) is 2. The van der Waals surface area contributed by atoms with Gasteiger partial charge in [0, 0.05) is 23.7 Å². The van der Waals surface area contributed by atoms with E-state index in [1.807, 2.05) is 12.1 Å². The summed E-state index contributed by atoms with van der Waals surface area (Å²) in [5, 5.41) is 0.807. The van der Waals surface area contributed by atoms with E-state index < -0.39 is 0 Å². The van der Waals surface area contributed by atoms with Crippen molar-refractivity contribution in [1.29, 1.82) is 0 Å². The maximum atomic E-state index is 6.24. The van der Waals surface area contributed by atoms with Crippen molar-refractivity contribution in [3.63, 3.8) is 0 Å². The minimum atomic E-state index is 0.200. The fourth-order valence-electron chi connectivity index (χ4n) is 4.07. The number of likely N-dealkylation sites (N-methyl/N-ethyl adjacent to an activating group) is 1. The monoisotopic (exact) mass is 306 g/mol. The molecule has 0 amide bonds. The van der Waals surface area contributed by atoms with Crippen LogP contribution in [0.25, 0.3) is 0 Å². The Kier molecular flexibility index (Phi) is 4.58. The van der Waals surface area contributed by atoms with Crippen molar-refractivity contribution in [3.8, 4) is 0 Å². The first-order valence-electron chi connectivity index (χ1n) is 8.29. The number of halogens is 1. The van der Waals surface area contributed by atoms with Gasteiger partial charge in [-0.3, -0.25) is 4.90 Å². The summed E-state index contributed by atoms with van der Waals surface area (Å²) in [7, 11) is 2.25. The van der Waals surface area contributed by atoms with Gasteiger partial charge < -0.3 is 5.73 Å². The molecule has 2 saturated carbocycles. The second-order valence-corrected chi connectivity index (χ2v) is 7.54. The lowest BCUT2D eigenvalue weighted by molar-refractivity contribution is 0.0459. The van der Waals surface area contributed by atoms with Crippen molar-refractivity contribution in [1.82, 2.24) is 4.90 Å². The molecule has 2 aliphatic rings. The highest BCUT2D eigenvalue weighted by Gasteiger charge is 2.43. The maximum Gasteiger partial charge on any atom is 0.0406 e. The SMILES string of the molecule is CN(Cc1ccc(Cl)cc1)C1(CN)CCCC(C2CC2)C1. The van der Waals surface area contributed by atoms with Crippen LogP contribution in [0, 0.1) is 11.8 Å². The van der Waals surface area contributed by atoms with Crippen LogP contribution in [0.4, 0.5) is 0 Å². The molecule has 0 heterocycles. The molecule has 1 aromatic rings. The third-order valence-corrected chi connectivity index (χ3v) is 5.92. The zero-order chi connectivity index (χ0) is 14.9. The van der Waals surface area contributed by atoms with Crippen molar-refractivity contribution < 1.29 is 0 Å². The Morgan fingerprint density at radius 3 is 2.52 bits per heavy atom. The normalized spacial score (nSPS) is 29.8. The summed E-state index contributed by atoms with van der Waals surface area (Å²) in [6.45, 7) is 1.74. The number of nitrogens with zero attached hydrogens (tertiary/aromatic N) is 1. The van der Waals surface area contributed by atoms with Gasteiger partial charge in [-0.2, -0.15) is 0 Å². The van der Waals surface area contributed by atoms with E-state index in [0.717, 1.165) is 29.9 Å². The lowest BCUT2D eigenvalue weighted by Gasteiger charge is -2.47. The smallest absolute Gasteiger partial charge is 0.0406 e. The minimum Gasteiger partial charge on any atom is -0.329 e. The predicted molar refractivity (Wildman–Crippen MR) is 89.4 cm³/mol. The molecule has 2 unspecified atom stereocenters. The Labute approximate surface area is 133 Å². The highest BCUT2D eigenvalue weighted by Crippen LogP contribution is 2.47. The fraction of sp³-hybridized carbons (Fsp3) is 0.667. The summed E-state index contributed by atoms with van der Waals surface area (Å²) in [4.78, 5) is 2.50. The van der Waals surface area contributed by atoms with E-state index in [2.05, 4.69) is 24.1 Å². The molecule has 2 nitrogen and oxygen atoms in total. The van der Waals surface area contributed by atoms with E-state index >= 15 is 0 Å². The molecule has 1 aromatic carbocycles. The molecular weight excluding hydrogens is 280 g/mol. The summed E-state index contributed by atoms with van der Waals surface area (Å²) in [6.07, 6.45) is 8.19. The van der Waals surface area contributed by atoms with Crippen molar-refractivity contribution >= 4 is 11.6 Å². The zero-order valence-corrected chi connectivity index (χ0v) is 13.8. The van der Waals surface area contributed by atoms with Crippen LogP contribution in [0.5, 0.6) is 0 Å². The second-order valence-electron chi connectivity index (χ2n) is 7.10. The molecule has 0 bridgehead atoms. The Morgan fingerprint density at radius 1 is 1.19 bits per heavy atom. The van der Waals surface area contributed by atoms with Crippen molar-refractivity contribution in [2.75, 3.05) is 13.6 Å². The zero-order valence-electron chi connectivity index (χ0n) is 13.0. The van der Waals surface area contributed by atoms with Crippen molar-refractivity contribution in [2.45, 2.75) is 50.6 Å². The van der Waals surface area contributed by atoms with Gasteiger partial charge in [0.05, 0.1) is 0 Å². The van der Waals surface area contributed by atoms with E-state index in [-0.39, 0.29) is 5.54 Å². The molecule has 3 rings (SSSR count). The molecule has 3 heteroatoms. The standard InChI is InChI=1S/C18H27ClN2/c1-21(12-14-4-8-17(19)9-5-14)18(13-20)10-2-3-16(11-18)15-6-7-15/h4-5,8-9,15-16H,2-3,6-7,10-13,20H2,1H3. The average Bonchev–Trinajstić information content (AvgIpc) is 3.34. The lowest BCUT2D eigenvalue weighted by atomic mass is 9.73.